The van der Waals surface area contributed by atoms with Crippen LogP contribution in [0.4, 0.5) is 0 Å². The molecule has 0 unspecified atom stereocenters. The number of pyridine rings is 1. The third kappa shape index (κ3) is 3.69. The van der Waals surface area contributed by atoms with Crippen molar-refractivity contribution in [3.63, 3.8) is 0 Å². The third-order valence-corrected chi connectivity index (χ3v) is 5.00. The molecule has 5 heteroatoms. The lowest BCUT2D eigenvalue weighted by Gasteiger charge is -2.35. The van der Waals surface area contributed by atoms with Crippen LogP contribution < -0.4 is 0 Å². The van der Waals surface area contributed by atoms with E-state index in [1.807, 2.05) is 30.5 Å². The van der Waals surface area contributed by atoms with Crippen molar-refractivity contribution in [2.75, 3.05) is 13.2 Å². The molecule has 2 aromatic rings. The summed E-state index contributed by atoms with van der Waals surface area (Å²) in [6.45, 7) is 3.27. The molecule has 2 aliphatic rings. The van der Waals surface area contributed by atoms with E-state index in [1.54, 1.807) is 12.5 Å². The summed E-state index contributed by atoms with van der Waals surface area (Å²) in [5.41, 5.74) is 2.22. The predicted molar refractivity (Wildman–Crippen MR) is 89.3 cm³/mol. The van der Waals surface area contributed by atoms with Gasteiger partial charge < -0.3 is 13.9 Å². The van der Waals surface area contributed by atoms with Crippen molar-refractivity contribution in [1.82, 2.24) is 9.88 Å². The number of hydrogen-bond acceptors (Lipinski definition) is 5. The molecule has 2 saturated heterocycles. The molecular formula is C19H24N2O3. The molecule has 0 spiro atoms. The van der Waals surface area contributed by atoms with Gasteiger partial charge in [0.15, 0.2) is 0 Å². The lowest BCUT2D eigenvalue weighted by Crippen LogP contribution is -2.43. The molecule has 0 N–H and O–H groups in total. The highest BCUT2D eigenvalue weighted by Gasteiger charge is 2.39. The molecule has 5 nitrogen and oxygen atoms in total. The first-order valence-corrected chi connectivity index (χ1v) is 8.77. The molecular weight excluding hydrogens is 304 g/mol. The van der Waals surface area contributed by atoms with E-state index in [-0.39, 0.29) is 6.10 Å². The molecule has 0 aliphatic carbocycles. The number of ether oxygens (including phenoxy) is 2. The van der Waals surface area contributed by atoms with Crippen molar-refractivity contribution >= 4 is 0 Å². The van der Waals surface area contributed by atoms with Gasteiger partial charge in [0.1, 0.15) is 0 Å². The van der Waals surface area contributed by atoms with Crippen LogP contribution in [0.15, 0.2) is 47.4 Å². The highest BCUT2D eigenvalue weighted by molar-refractivity contribution is 5.07. The lowest BCUT2D eigenvalue weighted by molar-refractivity contribution is -0.102. The zero-order chi connectivity index (χ0) is 16.2. The zero-order valence-corrected chi connectivity index (χ0v) is 13.8. The van der Waals surface area contributed by atoms with Gasteiger partial charge in [0, 0.05) is 30.9 Å². The molecule has 0 radical (unpaired) electrons. The minimum Gasteiger partial charge on any atom is -0.472 e. The Hall–Kier alpha value is -1.69. The normalized spacial score (nSPS) is 27.2. The van der Waals surface area contributed by atoms with E-state index >= 15 is 0 Å². The van der Waals surface area contributed by atoms with Crippen LogP contribution in [-0.4, -0.2) is 41.3 Å². The van der Waals surface area contributed by atoms with Crippen LogP contribution in [0.3, 0.4) is 0 Å². The number of nitrogens with zero attached hydrogens (tertiary/aromatic N) is 2. The SMILES string of the molecule is c1ccc(COC[C@@H]2CC[C@H]3[C@H](CCN3Cc3ccoc3)O2)nc1. The van der Waals surface area contributed by atoms with Gasteiger partial charge in [-0.1, -0.05) is 6.07 Å². The predicted octanol–water partition coefficient (Wildman–Crippen LogP) is 3.01. The van der Waals surface area contributed by atoms with E-state index in [0.29, 0.717) is 25.4 Å². The highest BCUT2D eigenvalue weighted by atomic mass is 16.5. The number of aromatic nitrogens is 1. The van der Waals surface area contributed by atoms with Crippen LogP contribution in [0.5, 0.6) is 0 Å². The van der Waals surface area contributed by atoms with E-state index in [0.717, 1.165) is 31.6 Å². The molecule has 4 rings (SSSR count). The van der Waals surface area contributed by atoms with Crippen molar-refractivity contribution in [3.05, 3.63) is 54.2 Å². The maximum atomic E-state index is 6.29. The van der Waals surface area contributed by atoms with Gasteiger partial charge in [-0.2, -0.15) is 0 Å². The molecule has 2 aromatic heterocycles. The fourth-order valence-electron chi connectivity index (χ4n) is 3.80. The van der Waals surface area contributed by atoms with Gasteiger partial charge in [-0.25, -0.2) is 0 Å². The molecule has 0 amide bonds. The third-order valence-electron chi connectivity index (χ3n) is 5.00. The van der Waals surface area contributed by atoms with Crippen molar-refractivity contribution in [2.45, 2.75) is 50.7 Å². The number of rotatable bonds is 6. The van der Waals surface area contributed by atoms with E-state index in [2.05, 4.69) is 9.88 Å². The summed E-state index contributed by atoms with van der Waals surface area (Å²) < 4.78 is 17.3. The maximum absolute atomic E-state index is 6.29. The molecule has 4 heterocycles. The Bertz CT molecular complexity index is 617. The average molecular weight is 328 g/mol. The van der Waals surface area contributed by atoms with E-state index < -0.39 is 0 Å². The second-order valence-electron chi connectivity index (χ2n) is 6.67. The van der Waals surface area contributed by atoms with Gasteiger partial charge in [-0.15, -0.1) is 0 Å². The Morgan fingerprint density at radius 3 is 3.04 bits per heavy atom. The first-order chi connectivity index (χ1) is 11.9. The van der Waals surface area contributed by atoms with E-state index in [4.69, 9.17) is 13.9 Å². The van der Waals surface area contributed by atoms with Gasteiger partial charge in [-0.05, 0) is 37.5 Å². The maximum Gasteiger partial charge on any atom is 0.0947 e. The monoisotopic (exact) mass is 328 g/mol. The van der Waals surface area contributed by atoms with Crippen LogP contribution in [0.1, 0.15) is 30.5 Å². The van der Waals surface area contributed by atoms with Crippen LogP contribution in [0.2, 0.25) is 0 Å². The Kier molecular flexibility index (Phi) is 4.92. The van der Waals surface area contributed by atoms with Crippen LogP contribution in [-0.2, 0) is 22.6 Å². The molecule has 0 aromatic carbocycles. The highest BCUT2D eigenvalue weighted by Crippen LogP contribution is 2.32. The van der Waals surface area contributed by atoms with Crippen molar-refractivity contribution in [1.29, 1.82) is 0 Å². The largest absolute Gasteiger partial charge is 0.472 e. The summed E-state index contributed by atoms with van der Waals surface area (Å²) >= 11 is 0. The van der Waals surface area contributed by atoms with Crippen molar-refractivity contribution in [3.8, 4) is 0 Å². The zero-order valence-electron chi connectivity index (χ0n) is 13.8. The summed E-state index contributed by atoms with van der Waals surface area (Å²) in [5, 5.41) is 0. The Morgan fingerprint density at radius 1 is 1.21 bits per heavy atom. The van der Waals surface area contributed by atoms with Gasteiger partial charge >= 0.3 is 0 Å². The lowest BCUT2D eigenvalue weighted by atomic mass is 9.99. The van der Waals surface area contributed by atoms with E-state index in [9.17, 15) is 0 Å². The summed E-state index contributed by atoms with van der Waals surface area (Å²) in [5.74, 6) is 0. The van der Waals surface area contributed by atoms with Crippen molar-refractivity contribution < 1.29 is 13.9 Å². The second-order valence-corrected chi connectivity index (χ2v) is 6.67. The molecule has 0 saturated carbocycles. The first kappa shape index (κ1) is 15.8. The Labute approximate surface area is 142 Å². The van der Waals surface area contributed by atoms with Crippen LogP contribution in [0.25, 0.3) is 0 Å². The topological polar surface area (TPSA) is 47.7 Å². The summed E-state index contributed by atoms with van der Waals surface area (Å²) in [6.07, 6.45) is 9.29. The van der Waals surface area contributed by atoms with Gasteiger partial charge in [-0.3, -0.25) is 9.88 Å². The molecule has 128 valence electrons. The van der Waals surface area contributed by atoms with Gasteiger partial charge in [0.25, 0.3) is 0 Å². The van der Waals surface area contributed by atoms with Crippen LogP contribution in [0, 0.1) is 0 Å². The molecule has 3 atom stereocenters. The number of furan rings is 1. The summed E-state index contributed by atoms with van der Waals surface area (Å²) in [6, 6.07) is 8.48. The van der Waals surface area contributed by atoms with Gasteiger partial charge in [0.2, 0.25) is 0 Å². The average Bonchev–Trinajstić information content (AvgIpc) is 3.26. The first-order valence-electron chi connectivity index (χ1n) is 8.77. The number of likely N-dealkylation sites (tertiary alicyclic amines) is 1. The fourth-order valence-corrected chi connectivity index (χ4v) is 3.80. The van der Waals surface area contributed by atoms with Crippen molar-refractivity contribution in [2.24, 2.45) is 0 Å². The Balaban J connectivity index is 1.23. The smallest absolute Gasteiger partial charge is 0.0947 e. The molecule has 2 aliphatic heterocycles. The number of hydrogen-bond donors (Lipinski definition) is 0. The Morgan fingerprint density at radius 2 is 2.21 bits per heavy atom. The minimum absolute atomic E-state index is 0.212. The molecule has 24 heavy (non-hydrogen) atoms. The standard InChI is InChI=1S/C19H24N2O3/c1-2-8-20-16(3-1)13-23-14-17-4-5-18-19(24-17)6-9-21(18)11-15-7-10-22-12-15/h1-3,7-8,10,12,17-19H,4-6,9,11,13-14H2/t17-,18-,19-/m0/s1. The minimum atomic E-state index is 0.212. The van der Waals surface area contributed by atoms with Gasteiger partial charge in [0.05, 0.1) is 43.6 Å². The number of fused-ring (bicyclic) bond motifs is 1. The second kappa shape index (κ2) is 7.47. The summed E-state index contributed by atoms with van der Waals surface area (Å²) in [7, 11) is 0. The quantitative estimate of drug-likeness (QED) is 0.816. The molecule has 0 bridgehead atoms. The summed E-state index contributed by atoms with van der Waals surface area (Å²) in [4.78, 5) is 6.81. The fraction of sp³-hybridized carbons (Fsp3) is 0.526. The van der Waals surface area contributed by atoms with E-state index in [1.165, 1.54) is 12.0 Å². The molecule has 2 fully saturated rings. The van der Waals surface area contributed by atoms with Crippen LogP contribution >= 0.6 is 0 Å².